The summed E-state index contributed by atoms with van der Waals surface area (Å²) in [5.41, 5.74) is 0.573. The number of amides is 1. The Morgan fingerprint density at radius 2 is 1.46 bits per heavy atom. The lowest BCUT2D eigenvalue weighted by molar-refractivity contribution is -0.159. The molecule has 0 saturated carbocycles. The van der Waals surface area contributed by atoms with Crippen LogP contribution in [0.25, 0.3) is 0 Å². The Kier molecular flexibility index (Phi) is 10.1. The predicted molar refractivity (Wildman–Crippen MR) is 94.4 cm³/mol. The van der Waals surface area contributed by atoms with Gasteiger partial charge >= 0.3 is 11.9 Å². The van der Waals surface area contributed by atoms with Crippen molar-refractivity contribution in [3.05, 3.63) is 24.3 Å². The van der Waals surface area contributed by atoms with Crippen LogP contribution in [0, 0.1) is 0 Å². The molecule has 0 spiro atoms. The molecule has 1 amide bonds. The monoisotopic (exact) mass is 389 g/mol. The van der Waals surface area contributed by atoms with Gasteiger partial charge < -0.3 is 20.8 Å². The lowest BCUT2D eigenvalue weighted by Crippen LogP contribution is -2.30. The van der Waals surface area contributed by atoms with Gasteiger partial charge in [0.2, 0.25) is 15.9 Å². The molecule has 1 rings (SSSR count). The maximum Gasteiger partial charge on any atom is 0.414 e. The molecule has 0 aliphatic heterocycles. The predicted octanol–water partition coefficient (Wildman–Crippen LogP) is 0.0306. The minimum absolute atomic E-state index is 0.174. The van der Waals surface area contributed by atoms with Gasteiger partial charge in [-0.15, -0.1) is 0 Å². The van der Waals surface area contributed by atoms with Crippen molar-refractivity contribution in [1.82, 2.24) is 9.62 Å². The van der Waals surface area contributed by atoms with Crippen LogP contribution in [0.5, 0.6) is 0 Å². The van der Waals surface area contributed by atoms with E-state index < -0.39 is 22.0 Å². The summed E-state index contributed by atoms with van der Waals surface area (Å²) in [6.07, 6.45) is 0. The van der Waals surface area contributed by atoms with Crippen LogP contribution in [0.4, 0.5) is 5.69 Å². The molecule has 0 fully saturated rings. The van der Waals surface area contributed by atoms with Crippen molar-refractivity contribution < 1.29 is 33.0 Å². The summed E-state index contributed by atoms with van der Waals surface area (Å²) in [4.78, 5) is 29.8. The van der Waals surface area contributed by atoms with E-state index in [2.05, 4.69) is 10.6 Å². The van der Waals surface area contributed by atoms with E-state index in [0.29, 0.717) is 18.8 Å². The van der Waals surface area contributed by atoms with Crippen LogP contribution in [-0.2, 0) is 24.4 Å². The average molecular weight is 389 g/mol. The number of sulfonamides is 1. The lowest BCUT2D eigenvalue weighted by Gasteiger charge is -2.18. The molecule has 11 heteroatoms. The number of carboxylic acids is 2. The van der Waals surface area contributed by atoms with Gasteiger partial charge in [0.05, 0.1) is 11.4 Å². The Labute approximate surface area is 151 Å². The van der Waals surface area contributed by atoms with Gasteiger partial charge in [-0.05, 0) is 31.3 Å². The molecule has 0 unspecified atom stereocenters. The summed E-state index contributed by atoms with van der Waals surface area (Å²) < 4.78 is 25.9. The van der Waals surface area contributed by atoms with Crippen molar-refractivity contribution in [3.8, 4) is 0 Å². The van der Waals surface area contributed by atoms with Crippen LogP contribution in [0.3, 0.4) is 0 Å². The number of rotatable bonds is 7. The van der Waals surface area contributed by atoms with E-state index in [1.165, 1.54) is 16.4 Å². The second-order valence-corrected chi connectivity index (χ2v) is 6.74. The molecule has 1 aromatic rings. The smallest absolute Gasteiger partial charge is 0.414 e. The average Bonchev–Trinajstić information content (AvgIpc) is 2.57. The first-order valence-corrected chi connectivity index (χ1v) is 9.04. The van der Waals surface area contributed by atoms with E-state index in [-0.39, 0.29) is 17.3 Å². The van der Waals surface area contributed by atoms with E-state index in [4.69, 9.17) is 19.8 Å². The van der Waals surface area contributed by atoms with Crippen molar-refractivity contribution in [2.45, 2.75) is 18.7 Å². The zero-order valence-corrected chi connectivity index (χ0v) is 15.5. The zero-order chi connectivity index (χ0) is 20.3. The normalized spacial score (nSPS) is 10.6. The van der Waals surface area contributed by atoms with Gasteiger partial charge in [-0.2, -0.15) is 4.31 Å². The number of hydrogen-bond donors (Lipinski definition) is 4. The Hall–Kier alpha value is -2.50. The third-order valence-corrected chi connectivity index (χ3v) is 5.07. The third kappa shape index (κ3) is 7.59. The molecule has 0 heterocycles. The fourth-order valence-electron chi connectivity index (χ4n) is 1.79. The van der Waals surface area contributed by atoms with Crippen molar-refractivity contribution in [2.24, 2.45) is 0 Å². The number of carboxylic acid groups (broad SMARTS) is 2. The molecule has 10 nitrogen and oxygen atoms in total. The number of nitrogens with one attached hydrogen (secondary N) is 2. The number of nitrogens with zero attached hydrogens (tertiary/aromatic N) is 1. The Morgan fingerprint density at radius 1 is 1.00 bits per heavy atom. The second-order valence-electron chi connectivity index (χ2n) is 4.80. The molecular formula is C15H23N3O7S. The Bertz CT molecular complexity index is 701. The zero-order valence-electron chi connectivity index (χ0n) is 14.7. The molecule has 0 aliphatic rings. The first-order chi connectivity index (χ1) is 12.1. The third-order valence-electron chi connectivity index (χ3n) is 3.00. The number of carbonyl (C=O) groups is 3. The number of aliphatic carboxylic acids is 2. The molecule has 0 atom stereocenters. The van der Waals surface area contributed by atoms with E-state index >= 15 is 0 Å². The Balaban J connectivity index is 0.000000896. The fourth-order valence-corrected chi connectivity index (χ4v) is 3.25. The number of benzene rings is 1. The summed E-state index contributed by atoms with van der Waals surface area (Å²) >= 11 is 0. The molecule has 4 N–H and O–H groups in total. The minimum atomic E-state index is -3.45. The first-order valence-electron chi connectivity index (χ1n) is 7.60. The fraction of sp³-hybridized carbons (Fsp3) is 0.400. The molecule has 0 aromatic heterocycles. The van der Waals surface area contributed by atoms with Gasteiger partial charge in [0.1, 0.15) is 0 Å². The highest BCUT2D eigenvalue weighted by molar-refractivity contribution is 7.89. The second kappa shape index (κ2) is 11.2. The van der Waals surface area contributed by atoms with Gasteiger partial charge in [-0.25, -0.2) is 18.0 Å². The summed E-state index contributed by atoms with van der Waals surface area (Å²) in [5.74, 6) is -3.82. The van der Waals surface area contributed by atoms with E-state index in [1.807, 2.05) is 0 Å². The molecule has 26 heavy (non-hydrogen) atoms. The van der Waals surface area contributed by atoms with E-state index in [1.54, 1.807) is 33.0 Å². The molecule has 0 aliphatic carbocycles. The van der Waals surface area contributed by atoms with Crippen molar-refractivity contribution in [1.29, 1.82) is 0 Å². The molecular weight excluding hydrogens is 366 g/mol. The largest absolute Gasteiger partial charge is 0.473 e. The molecule has 0 saturated heterocycles. The van der Waals surface area contributed by atoms with Crippen LogP contribution >= 0.6 is 0 Å². The molecule has 1 aromatic carbocycles. The van der Waals surface area contributed by atoms with E-state index in [0.717, 1.165) is 0 Å². The SMILES string of the molecule is CCN(CC)S(=O)(=O)c1ccc(NC(=O)CNC)cc1.O=C(O)C(=O)O. The summed E-state index contributed by atoms with van der Waals surface area (Å²) in [7, 11) is -1.77. The van der Waals surface area contributed by atoms with E-state index in [9.17, 15) is 13.2 Å². The van der Waals surface area contributed by atoms with Crippen molar-refractivity contribution in [2.75, 3.05) is 32.0 Å². The number of carbonyl (C=O) groups excluding carboxylic acids is 1. The topological polar surface area (TPSA) is 153 Å². The summed E-state index contributed by atoms with van der Waals surface area (Å²) in [6, 6.07) is 6.18. The Morgan fingerprint density at radius 3 is 1.81 bits per heavy atom. The summed E-state index contributed by atoms with van der Waals surface area (Å²) in [5, 5.41) is 20.2. The van der Waals surface area contributed by atoms with Gasteiger partial charge in [0.25, 0.3) is 0 Å². The number of anilines is 1. The van der Waals surface area contributed by atoms with Gasteiger partial charge in [-0.1, -0.05) is 13.8 Å². The highest BCUT2D eigenvalue weighted by Gasteiger charge is 2.21. The number of hydrogen-bond acceptors (Lipinski definition) is 6. The van der Waals surface area contributed by atoms with Crippen LogP contribution in [0.2, 0.25) is 0 Å². The quantitative estimate of drug-likeness (QED) is 0.476. The first kappa shape index (κ1) is 23.5. The van der Waals surface area contributed by atoms with Crippen LogP contribution in [0.1, 0.15) is 13.8 Å². The standard InChI is InChI=1S/C13H21N3O3S.C2H2O4/c1-4-16(5-2)20(18,19)12-8-6-11(7-9-12)15-13(17)10-14-3;3-1(4)2(5)6/h6-9,14H,4-5,10H2,1-3H3,(H,15,17);(H,3,4)(H,5,6). The summed E-state index contributed by atoms with van der Waals surface area (Å²) in [6.45, 7) is 4.67. The highest BCUT2D eigenvalue weighted by atomic mass is 32.2. The van der Waals surface area contributed by atoms with Gasteiger partial charge in [0, 0.05) is 18.8 Å². The number of likely N-dealkylation sites (N-methyl/N-ethyl adjacent to an activating group) is 1. The van der Waals surface area contributed by atoms with Crippen molar-refractivity contribution in [3.63, 3.8) is 0 Å². The van der Waals surface area contributed by atoms with Crippen molar-refractivity contribution >= 4 is 33.6 Å². The molecule has 146 valence electrons. The van der Waals surface area contributed by atoms with Gasteiger partial charge in [-0.3, -0.25) is 4.79 Å². The maximum absolute atomic E-state index is 12.3. The highest BCUT2D eigenvalue weighted by Crippen LogP contribution is 2.18. The lowest BCUT2D eigenvalue weighted by atomic mass is 10.3. The van der Waals surface area contributed by atoms with Crippen LogP contribution < -0.4 is 10.6 Å². The maximum atomic E-state index is 12.3. The van der Waals surface area contributed by atoms with Crippen LogP contribution in [-0.4, -0.2) is 67.5 Å². The minimum Gasteiger partial charge on any atom is -0.473 e. The van der Waals surface area contributed by atoms with Gasteiger partial charge in [0.15, 0.2) is 0 Å². The van der Waals surface area contributed by atoms with Crippen LogP contribution in [0.15, 0.2) is 29.2 Å². The molecule has 0 bridgehead atoms. The molecule has 0 radical (unpaired) electrons.